The summed E-state index contributed by atoms with van der Waals surface area (Å²) in [4.78, 5) is 15.5. The lowest BCUT2D eigenvalue weighted by molar-refractivity contribution is 0.198. The third-order valence-corrected chi connectivity index (χ3v) is 5.00. The first-order chi connectivity index (χ1) is 13.0. The second-order valence-corrected chi connectivity index (χ2v) is 6.79. The van der Waals surface area contributed by atoms with Gasteiger partial charge in [-0.05, 0) is 69.3 Å². The van der Waals surface area contributed by atoms with Gasteiger partial charge >= 0.3 is 6.09 Å². The third kappa shape index (κ3) is 4.39. The van der Waals surface area contributed by atoms with Crippen molar-refractivity contribution in [3.8, 4) is 16.9 Å². The second-order valence-electron chi connectivity index (χ2n) is 6.79. The Kier molecular flexibility index (Phi) is 5.96. The Balaban J connectivity index is 2.01. The molecule has 0 spiro atoms. The van der Waals surface area contributed by atoms with Crippen LogP contribution in [-0.2, 0) is 0 Å². The van der Waals surface area contributed by atoms with E-state index in [1.807, 2.05) is 38.2 Å². The highest BCUT2D eigenvalue weighted by Crippen LogP contribution is 2.34. The average molecular weight is 372 g/mol. The van der Waals surface area contributed by atoms with E-state index in [9.17, 15) is 14.3 Å². The summed E-state index contributed by atoms with van der Waals surface area (Å²) < 4.78 is 19.5. The van der Waals surface area contributed by atoms with Crippen LogP contribution in [0, 0.1) is 5.82 Å². The van der Waals surface area contributed by atoms with Crippen molar-refractivity contribution in [2.45, 2.75) is 25.8 Å². The highest BCUT2D eigenvalue weighted by molar-refractivity contribution is 5.93. The van der Waals surface area contributed by atoms with Gasteiger partial charge in [-0.25, -0.2) is 9.18 Å². The summed E-state index contributed by atoms with van der Waals surface area (Å²) in [6.45, 7) is 3.74. The predicted molar refractivity (Wildman–Crippen MR) is 104 cm³/mol. The van der Waals surface area contributed by atoms with E-state index in [2.05, 4.69) is 4.90 Å². The van der Waals surface area contributed by atoms with Crippen molar-refractivity contribution < 1.29 is 19.0 Å². The monoisotopic (exact) mass is 372 g/mol. The molecular weight excluding hydrogens is 347 g/mol. The number of anilines is 1. The number of nitrogens with zero attached hydrogens (tertiary/aromatic N) is 2. The van der Waals surface area contributed by atoms with Gasteiger partial charge in [0.25, 0.3) is 0 Å². The van der Waals surface area contributed by atoms with E-state index in [0.29, 0.717) is 30.2 Å². The molecule has 2 aromatic carbocycles. The number of hydrogen-bond donors (Lipinski definition) is 1. The van der Waals surface area contributed by atoms with E-state index in [0.717, 1.165) is 24.9 Å². The number of amides is 1. The van der Waals surface area contributed by atoms with Gasteiger partial charge < -0.3 is 14.7 Å². The number of hydrogen-bond acceptors (Lipinski definition) is 3. The van der Waals surface area contributed by atoms with Gasteiger partial charge in [0.05, 0.1) is 12.3 Å². The summed E-state index contributed by atoms with van der Waals surface area (Å²) in [5.41, 5.74) is 1.75. The van der Waals surface area contributed by atoms with Crippen LogP contribution in [0.1, 0.15) is 19.8 Å². The van der Waals surface area contributed by atoms with E-state index >= 15 is 0 Å². The number of rotatable bonds is 6. The van der Waals surface area contributed by atoms with Crippen LogP contribution in [0.5, 0.6) is 5.75 Å². The van der Waals surface area contributed by atoms with Gasteiger partial charge in [-0.3, -0.25) is 4.90 Å². The summed E-state index contributed by atoms with van der Waals surface area (Å²) in [5.74, 6) is 0.265. The summed E-state index contributed by atoms with van der Waals surface area (Å²) in [7, 11) is 2.01. The molecule has 1 heterocycles. The first-order valence-corrected chi connectivity index (χ1v) is 9.23. The lowest BCUT2D eigenvalue weighted by atomic mass is 10.0. The van der Waals surface area contributed by atoms with Crippen LogP contribution >= 0.6 is 0 Å². The largest absolute Gasteiger partial charge is 0.494 e. The lowest BCUT2D eigenvalue weighted by Crippen LogP contribution is -2.41. The Bertz CT molecular complexity index is 812. The Hall–Kier alpha value is -2.60. The van der Waals surface area contributed by atoms with Crippen LogP contribution in [0.4, 0.5) is 14.9 Å². The number of likely N-dealkylation sites (tertiary alicyclic amines) is 1. The molecule has 27 heavy (non-hydrogen) atoms. The first-order valence-electron chi connectivity index (χ1n) is 9.23. The molecule has 0 unspecified atom stereocenters. The van der Waals surface area contributed by atoms with Crippen LogP contribution in [0.25, 0.3) is 11.1 Å². The zero-order valence-electron chi connectivity index (χ0n) is 15.7. The molecule has 0 aromatic heterocycles. The molecule has 0 radical (unpaired) electrons. The van der Waals surface area contributed by atoms with E-state index in [-0.39, 0.29) is 6.04 Å². The molecule has 1 aliphatic rings. The maximum Gasteiger partial charge on any atom is 0.411 e. The molecular formula is C21H25FN2O3. The van der Waals surface area contributed by atoms with Gasteiger partial charge in [0.15, 0.2) is 0 Å². The van der Waals surface area contributed by atoms with Crippen LogP contribution < -0.4 is 9.64 Å². The lowest BCUT2D eigenvalue weighted by Gasteiger charge is -2.28. The quantitative estimate of drug-likeness (QED) is 0.813. The van der Waals surface area contributed by atoms with Crippen molar-refractivity contribution in [1.29, 1.82) is 0 Å². The maximum atomic E-state index is 14.0. The fraction of sp³-hybridized carbons (Fsp3) is 0.381. The predicted octanol–water partition coefficient (Wildman–Crippen LogP) is 4.47. The molecule has 144 valence electrons. The fourth-order valence-corrected chi connectivity index (χ4v) is 3.60. The van der Waals surface area contributed by atoms with Crippen LogP contribution in [0.2, 0.25) is 0 Å². The SMILES string of the molecule is CCOc1cccc(-c2cc(F)ccc2N(C[C@@H]2CCCN2C)C(=O)O)c1. The van der Waals surface area contributed by atoms with Crippen molar-refractivity contribution in [2.24, 2.45) is 0 Å². The van der Waals surface area contributed by atoms with Crippen molar-refractivity contribution in [3.63, 3.8) is 0 Å². The first kappa shape index (κ1) is 19.2. The molecule has 5 nitrogen and oxygen atoms in total. The highest BCUT2D eigenvalue weighted by Gasteiger charge is 2.28. The molecule has 0 aliphatic carbocycles. The maximum absolute atomic E-state index is 14.0. The number of carboxylic acid groups (broad SMARTS) is 1. The van der Waals surface area contributed by atoms with Crippen molar-refractivity contribution in [3.05, 3.63) is 48.3 Å². The van der Waals surface area contributed by atoms with Gasteiger partial charge in [-0.15, -0.1) is 0 Å². The van der Waals surface area contributed by atoms with Crippen LogP contribution in [-0.4, -0.2) is 48.9 Å². The summed E-state index contributed by atoms with van der Waals surface area (Å²) in [6.07, 6.45) is 0.974. The number of likely N-dealkylation sites (N-methyl/N-ethyl adjacent to an activating group) is 1. The molecule has 0 bridgehead atoms. The molecule has 6 heteroatoms. The van der Waals surface area contributed by atoms with Gasteiger partial charge in [0.1, 0.15) is 11.6 Å². The Morgan fingerprint density at radius 3 is 2.81 bits per heavy atom. The molecule has 1 aliphatic heterocycles. The zero-order chi connectivity index (χ0) is 19.4. The topological polar surface area (TPSA) is 53.0 Å². The minimum atomic E-state index is -1.04. The smallest absolute Gasteiger partial charge is 0.411 e. The second kappa shape index (κ2) is 8.39. The van der Waals surface area contributed by atoms with E-state index in [4.69, 9.17) is 4.74 Å². The summed E-state index contributed by atoms with van der Waals surface area (Å²) >= 11 is 0. The van der Waals surface area contributed by atoms with E-state index < -0.39 is 11.9 Å². The normalized spacial score (nSPS) is 17.1. The highest BCUT2D eigenvalue weighted by atomic mass is 19.1. The standard InChI is InChI=1S/C21H25FN2O3/c1-3-27-18-8-4-6-15(12-18)19-13-16(22)9-10-20(19)24(21(25)26)14-17-7-5-11-23(17)2/h4,6,8-10,12-13,17H,3,5,7,11,14H2,1-2H3,(H,25,26)/t17-/m0/s1. The third-order valence-electron chi connectivity index (χ3n) is 5.00. The van der Waals surface area contributed by atoms with Gasteiger partial charge in [0, 0.05) is 18.2 Å². The number of halogens is 1. The molecule has 0 saturated carbocycles. The fourth-order valence-electron chi connectivity index (χ4n) is 3.60. The van der Waals surface area contributed by atoms with E-state index in [1.165, 1.54) is 17.0 Å². The molecule has 2 aromatic rings. The molecule has 1 saturated heterocycles. The number of ether oxygens (including phenoxy) is 1. The molecule has 1 atom stereocenters. The van der Waals surface area contributed by atoms with Crippen LogP contribution in [0.15, 0.2) is 42.5 Å². The summed E-state index contributed by atoms with van der Waals surface area (Å²) in [5, 5.41) is 9.84. The van der Waals surface area contributed by atoms with E-state index in [1.54, 1.807) is 6.07 Å². The number of carbonyl (C=O) groups is 1. The molecule has 1 N–H and O–H groups in total. The van der Waals surface area contributed by atoms with Gasteiger partial charge in [-0.2, -0.15) is 0 Å². The average Bonchev–Trinajstić information content (AvgIpc) is 3.05. The minimum absolute atomic E-state index is 0.161. The van der Waals surface area contributed by atoms with Gasteiger partial charge in [-0.1, -0.05) is 12.1 Å². The van der Waals surface area contributed by atoms with Crippen molar-refractivity contribution in [1.82, 2.24) is 4.90 Å². The summed E-state index contributed by atoms with van der Waals surface area (Å²) in [6, 6.07) is 11.7. The molecule has 1 amide bonds. The Morgan fingerprint density at radius 1 is 1.33 bits per heavy atom. The Labute approximate surface area is 159 Å². The van der Waals surface area contributed by atoms with Gasteiger partial charge in [0.2, 0.25) is 0 Å². The molecule has 1 fully saturated rings. The zero-order valence-corrected chi connectivity index (χ0v) is 15.7. The minimum Gasteiger partial charge on any atom is -0.494 e. The van der Waals surface area contributed by atoms with Crippen LogP contribution in [0.3, 0.4) is 0 Å². The van der Waals surface area contributed by atoms with Crippen molar-refractivity contribution >= 4 is 11.8 Å². The van der Waals surface area contributed by atoms with Crippen molar-refractivity contribution in [2.75, 3.05) is 31.6 Å². The number of benzene rings is 2. The molecule has 3 rings (SSSR count). The Morgan fingerprint density at radius 2 is 2.15 bits per heavy atom.